The molecule has 126 valence electrons. The minimum Gasteiger partial charge on any atom is -0.490 e. The molecule has 0 unspecified atom stereocenters. The molecule has 1 aromatic heterocycles. The number of H-pyrrole nitrogens is 1. The molecule has 0 atom stereocenters. The van der Waals surface area contributed by atoms with Gasteiger partial charge in [-0.15, -0.1) is 0 Å². The molecule has 1 heterocycles. The molecule has 0 saturated carbocycles. The molecule has 23 heavy (non-hydrogen) atoms. The van der Waals surface area contributed by atoms with E-state index in [-0.39, 0.29) is 5.56 Å². The number of rotatable bonds is 7. The van der Waals surface area contributed by atoms with E-state index in [1.54, 1.807) is 12.1 Å². The lowest BCUT2D eigenvalue weighted by Gasteiger charge is -2.13. The number of benzene rings is 1. The van der Waals surface area contributed by atoms with Gasteiger partial charge in [-0.05, 0) is 32.3 Å². The normalized spacial score (nSPS) is 11.2. The van der Waals surface area contributed by atoms with E-state index in [1.165, 1.54) is 4.57 Å². The smallest absolute Gasteiger partial charge is 0.328 e. The number of hydrogen-bond donors (Lipinski definition) is 1. The van der Waals surface area contributed by atoms with Crippen molar-refractivity contribution in [2.75, 3.05) is 13.2 Å². The van der Waals surface area contributed by atoms with Crippen LogP contribution in [0.25, 0.3) is 10.9 Å². The second kappa shape index (κ2) is 7.35. The molecule has 6 heteroatoms. The molecular formula is C17H24N2O4. The van der Waals surface area contributed by atoms with Crippen LogP contribution in [-0.2, 0) is 6.54 Å². The largest absolute Gasteiger partial charge is 0.490 e. The fourth-order valence-electron chi connectivity index (χ4n) is 2.39. The number of nitrogens with zero attached hydrogens (tertiary/aromatic N) is 1. The van der Waals surface area contributed by atoms with Gasteiger partial charge in [-0.3, -0.25) is 9.36 Å². The van der Waals surface area contributed by atoms with Gasteiger partial charge in [-0.1, -0.05) is 13.8 Å². The molecule has 0 aliphatic heterocycles. The van der Waals surface area contributed by atoms with Gasteiger partial charge in [-0.25, -0.2) is 4.79 Å². The first-order chi connectivity index (χ1) is 11.0. The van der Waals surface area contributed by atoms with Crippen LogP contribution >= 0.6 is 0 Å². The Morgan fingerprint density at radius 3 is 2.26 bits per heavy atom. The van der Waals surface area contributed by atoms with Crippen molar-refractivity contribution in [3.8, 4) is 11.5 Å². The summed E-state index contributed by atoms with van der Waals surface area (Å²) in [5, 5.41) is 0.431. The maximum atomic E-state index is 12.6. The monoisotopic (exact) mass is 320 g/mol. The van der Waals surface area contributed by atoms with Crippen LogP contribution < -0.4 is 20.7 Å². The first kappa shape index (κ1) is 17.1. The first-order valence-corrected chi connectivity index (χ1v) is 8.04. The molecule has 0 amide bonds. The number of aromatic amines is 1. The standard InChI is InChI=1S/C17H24N2O4/c1-5-22-14-9-12-13(10-15(14)23-6-2)18-17(21)19(16(12)20)8-7-11(3)4/h9-11H,5-8H2,1-4H3,(H,18,21). The van der Waals surface area contributed by atoms with Crippen LogP contribution in [0, 0.1) is 5.92 Å². The molecule has 0 fully saturated rings. The van der Waals surface area contributed by atoms with Crippen molar-refractivity contribution in [1.82, 2.24) is 9.55 Å². The quantitative estimate of drug-likeness (QED) is 0.851. The van der Waals surface area contributed by atoms with Gasteiger partial charge in [0.05, 0.1) is 24.1 Å². The lowest BCUT2D eigenvalue weighted by Crippen LogP contribution is -2.35. The third-order valence-corrected chi connectivity index (χ3v) is 3.58. The average Bonchev–Trinajstić information content (AvgIpc) is 2.48. The van der Waals surface area contributed by atoms with Crippen molar-refractivity contribution in [2.45, 2.75) is 40.7 Å². The number of ether oxygens (including phenoxy) is 2. The van der Waals surface area contributed by atoms with E-state index in [4.69, 9.17) is 9.47 Å². The Morgan fingerprint density at radius 1 is 1.09 bits per heavy atom. The molecule has 2 aromatic rings. The zero-order chi connectivity index (χ0) is 17.0. The van der Waals surface area contributed by atoms with Gasteiger partial charge < -0.3 is 14.5 Å². The van der Waals surface area contributed by atoms with Crippen molar-refractivity contribution < 1.29 is 9.47 Å². The van der Waals surface area contributed by atoms with Crippen molar-refractivity contribution in [3.63, 3.8) is 0 Å². The maximum Gasteiger partial charge on any atom is 0.328 e. The summed E-state index contributed by atoms with van der Waals surface area (Å²) in [7, 11) is 0. The highest BCUT2D eigenvalue weighted by Crippen LogP contribution is 2.30. The molecule has 0 aliphatic rings. The summed E-state index contributed by atoms with van der Waals surface area (Å²) in [5.74, 6) is 1.45. The molecule has 0 aliphatic carbocycles. The Hall–Kier alpha value is -2.24. The van der Waals surface area contributed by atoms with Crippen LogP contribution in [0.2, 0.25) is 0 Å². The van der Waals surface area contributed by atoms with Crippen LogP contribution in [0.3, 0.4) is 0 Å². The number of fused-ring (bicyclic) bond motifs is 1. The summed E-state index contributed by atoms with van der Waals surface area (Å²) in [6.45, 7) is 9.20. The summed E-state index contributed by atoms with van der Waals surface area (Å²) in [6, 6.07) is 3.30. The topological polar surface area (TPSA) is 73.3 Å². The minimum atomic E-state index is -0.394. The highest BCUT2D eigenvalue weighted by Gasteiger charge is 2.13. The second-order valence-corrected chi connectivity index (χ2v) is 5.78. The van der Waals surface area contributed by atoms with Crippen LogP contribution in [0.1, 0.15) is 34.1 Å². The van der Waals surface area contributed by atoms with Crippen molar-refractivity contribution in [3.05, 3.63) is 33.0 Å². The summed E-state index contributed by atoms with van der Waals surface area (Å²) in [5.41, 5.74) is -0.226. The number of hydrogen-bond acceptors (Lipinski definition) is 4. The van der Waals surface area contributed by atoms with Gasteiger partial charge in [0.15, 0.2) is 11.5 Å². The van der Waals surface area contributed by atoms with E-state index >= 15 is 0 Å². The molecule has 0 spiro atoms. The van der Waals surface area contributed by atoms with Crippen molar-refractivity contribution >= 4 is 10.9 Å². The third-order valence-electron chi connectivity index (χ3n) is 3.58. The van der Waals surface area contributed by atoms with Gasteiger partial charge in [0.2, 0.25) is 0 Å². The molecule has 0 bridgehead atoms. The van der Waals surface area contributed by atoms with E-state index < -0.39 is 5.69 Å². The molecule has 2 rings (SSSR count). The third kappa shape index (κ3) is 3.75. The lowest BCUT2D eigenvalue weighted by atomic mass is 10.1. The molecule has 6 nitrogen and oxygen atoms in total. The first-order valence-electron chi connectivity index (χ1n) is 8.04. The Bertz CT molecular complexity index is 790. The predicted octanol–water partition coefficient (Wildman–Crippen LogP) is 2.53. The van der Waals surface area contributed by atoms with E-state index in [9.17, 15) is 9.59 Å². The van der Waals surface area contributed by atoms with E-state index in [1.807, 2.05) is 13.8 Å². The zero-order valence-corrected chi connectivity index (χ0v) is 14.1. The van der Waals surface area contributed by atoms with Gasteiger partial charge in [0, 0.05) is 12.6 Å². The maximum absolute atomic E-state index is 12.6. The van der Waals surface area contributed by atoms with E-state index in [0.717, 1.165) is 6.42 Å². The molecular weight excluding hydrogens is 296 g/mol. The Balaban J connectivity index is 2.61. The van der Waals surface area contributed by atoms with Crippen LogP contribution in [-0.4, -0.2) is 22.8 Å². The fourth-order valence-corrected chi connectivity index (χ4v) is 2.39. The molecule has 0 saturated heterocycles. The minimum absolute atomic E-state index is 0.298. The highest BCUT2D eigenvalue weighted by molar-refractivity contribution is 5.81. The second-order valence-electron chi connectivity index (χ2n) is 5.78. The van der Waals surface area contributed by atoms with Crippen molar-refractivity contribution in [1.29, 1.82) is 0 Å². The number of aromatic nitrogens is 2. The van der Waals surface area contributed by atoms with Crippen LogP contribution in [0.15, 0.2) is 21.7 Å². The van der Waals surface area contributed by atoms with Gasteiger partial charge in [0.1, 0.15) is 0 Å². The predicted molar refractivity (Wildman–Crippen MR) is 90.6 cm³/mol. The Kier molecular flexibility index (Phi) is 5.47. The van der Waals surface area contributed by atoms with Gasteiger partial charge in [0.25, 0.3) is 5.56 Å². The summed E-state index contributed by atoms with van der Waals surface area (Å²) in [6.07, 6.45) is 0.768. The van der Waals surface area contributed by atoms with Gasteiger partial charge in [-0.2, -0.15) is 0 Å². The molecule has 0 radical (unpaired) electrons. The van der Waals surface area contributed by atoms with Crippen LogP contribution in [0.5, 0.6) is 11.5 Å². The van der Waals surface area contributed by atoms with Crippen molar-refractivity contribution in [2.24, 2.45) is 5.92 Å². The van der Waals surface area contributed by atoms with E-state index in [2.05, 4.69) is 18.8 Å². The van der Waals surface area contributed by atoms with E-state index in [0.29, 0.717) is 48.1 Å². The SMILES string of the molecule is CCOc1cc2[nH]c(=O)n(CCC(C)C)c(=O)c2cc1OCC. The molecule has 1 aromatic carbocycles. The summed E-state index contributed by atoms with van der Waals surface area (Å²) < 4.78 is 12.3. The summed E-state index contributed by atoms with van der Waals surface area (Å²) >= 11 is 0. The van der Waals surface area contributed by atoms with Crippen LogP contribution in [0.4, 0.5) is 0 Å². The average molecular weight is 320 g/mol. The lowest BCUT2D eigenvalue weighted by molar-refractivity contribution is 0.288. The fraction of sp³-hybridized carbons (Fsp3) is 0.529. The Labute approximate surface area is 135 Å². The number of nitrogens with one attached hydrogen (secondary N) is 1. The summed E-state index contributed by atoms with van der Waals surface area (Å²) in [4.78, 5) is 27.6. The highest BCUT2D eigenvalue weighted by atomic mass is 16.5. The molecule has 1 N–H and O–H groups in total. The zero-order valence-electron chi connectivity index (χ0n) is 14.1. The van der Waals surface area contributed by atoms with Gasteiger partial charge >= 0.3 is 5.69 Å². The Morgan fingerprint density at radius 2 is 1.70 bits per heavy atom.